The number of carbonyl (C=O) groups excluding carboxylic acids is 1. The predicted molar refractivity (Wildman–Crippen MR) is 123 cm³/mol. The molecule has 3 aliphatic carbocycles. The van der Waals surface area contributed by atoms with Crippen LogP contribution >= 0.6 is 0 Å². The number of aliphatic hydroxyl groups is 1. The molecule has 2 fully saturated rings. The van der Waals surface area contributed by atoms with Crippen LogP contribution in [0.15, 0.2) is 64.7 Å². The Morgan fingerprint density at radius 2 is 1.97 bits per heavy atom. The molecule has 0 atom stereocenters. The second-order valence-corrected chi connectivity index (χ2v) is 9.01. The molecule has 3 aliphatic rings. The van der Waals surface area contributed by atoms with Crippen molar-refractivity contribution in [1.29, 1.82) is 5.41 Å². The topological polar surface area (TPSA) is 135 Å². The molecule has 0 radical (unpaired) electrons. The minimum atomic E-state index is -0.476. The number of aromatic nitrogens is 2. The number of pyridine rings is 1. The number of hydrogen-bond donors (Lipinski definition) is 5. The van der Waals surface area contributed by atoms with E-state index in [2.05, 4.69) is 15.6 Å². The van der Waals surface area contributed by atoms with Gasteiger partial charge >= 0.3 is 11.6 Å². The van der Waals surface area contributed by atoms with Crippen LogP contribution in [0.5, 0.6) is 0 Å². The first-order chi connectivity index (χ1) is 16.5. The van der Waals surface area contributed by atoms with Crippen molar-refractivity contribution in [2.45, 2.75) is 56.6 Å². The van der Waals surface area contributed by atoms with Gasteiger partial charge in [-0.05, 0) is 56.7 Å². The minimum absolute atomic E-state index is 0.127. The molecule has 0 aliphatic heterocycles. The molecule has 2 heterocycles. The summed E-state index contributed by atoms with van der Waals surface area (Å²) >= 11 is 0. The highest BCUT2D eigenvalue weighted by Gasteiger charge is 2.36. The molecule has 0 spiro atoms. The monoisotopic (exact) mass is 462 g/mol. The lowest BCUT2D eigenvalue weighted by Gasteiger charge is -2.26. The van der Waals surface area contributed by atoms with Crippen molar-refractivity contribution in [3.63, 3.8) is 0 Å². The largest absolute Gasteiger partial charge is 0.444 e. The average molecular weight is 463 g/mol. The fourth-order valence-corrected chi connectivity index (χ4v) is 4.39. The number of carbonyl (C=O) groups is 1. The minimum Gasteiger partial charge on any atom is -0.444 e. The molecule has 5 N–H and O–H groups in total. The van der Waals surface area contributed by atoms with Gasteiger partial charge in [-0.1, -0.05) is 0 Å². The highest BCUT2D eigenvalue weighted by molar-refractivity contribution is 6.16. The van der Waals surface area contributed by atoms with Gasteiger partial charge in [0.05, 0.1) is 29.3 Å². The molecule has 9 nitrogen and oxygen atoms in total. The van der Waals surface area contributed by atoms with Crippen molar-refractivity contribution in [1.82, 2.24) is 15.6 Å². The summed E-state index contributed by atoms with van der Waals surface area (Å²) in [5.74, 6) is 0.0836. The number of rotatable bonds is 6. The molecule has 176 valence electrons. The number of oxazole rings is 1. The zero-order valence-electron chi connectivity index (χ0n) is 18.7. The Kier molecular flexibility index (Phi) is 6.02. The number of amides is 1. The molecule has 0 aromatic carbocycles. The third-order valence-electron chi connectivity index (χ3n) is 6.49. The summed E-state index contributed by atoms with van der Waals surface area (Å²) in [4.78, 5) is 17.3. The standard InChI is InChI=1S/C25H27N5O4/c26-20-13-19(25-27-10-11-34-25)21(12-16(20)14-28-17-6-8-18(31)9-7-17)29-24(32)23-3-1-2-22(30(23)33)15-4-5-15/h1-3,10-15,17-18,26,31-33H,4-9H2/p+1/t17-,18-. The van der Waals surface area contributed by atoms with Crippen LogP contribution in [0.3, 0.4) is 0 Å². The smallest absolute Gasteiger partial charge is 0.325 e. The zero-order chi connectivity index (χ0) is 23.7. The van der Waals surface area contributed by atoms with E-state index in [4.69, 9.17) is 9.83 Å². The summed E-state index contributed by atoms with van der Waals surface area (Å²) in [5, 5.41) is 35.0. The highest BCUT2D eigenvalue weighted by Crippen LogP contribution is 2.38. The van der Waals surface area contributed by atoms with Crippen molar-refractivity contribution in [3.05, 3.63) is 77.6 Å². The maximum atomic E-state index is 13.1. The molecule has 0 saturated heterocycles. The summed E-state index contributed by atoms with van der Waals surface area (Å²) in [5.41, 5.74) is 2.60. The fourth-order valence-electron chi connectivity index (χ4n) is 4.39. The Hall–Kier alpha value is -3.72. The van der Waals surface area contributed by atoms with Crippen LogP contribution in [-0.2, 0) is 0 Å². The Balaban J connectivity index is 1.40. The molecule has 0 unspecified atom stereocenters. The van der Waals surface area contributed by atoms with Gasteiger partial charge in [0, 0.05) is 40.6 Å². The highest BCUT2D eigenvalue weighted by atomic mass is 16.5. The molecule has 2 aromatic heterocycles. The fraction of sp³-hybridized carbons (Fsp3) is 0.360. The van der Waals surface area contributed by atoms with Crippen molar-refractivity contribution < 1.29 is 24.3 Å². The second kappa shape index (κ2) is 9.26. The summed E-state index contributed by atoms with van der Waals surface area (Å²) in [6.07, 6.45) is 13.0. The van der Waals surface area contributed by atoms with E-state index in [1.165, 1.54) is 12.5 Å². The quantitative estimate of drug-likeness (QED) is 0.331. The summed E-state index contributed by atoms with van der Waals surface area (Å²) in [6, 6.07) is 5.38. The molecular formula is C25H28N5O4+. The van der Waals surface area contributed by atoms with Crippen LogP contribution < -0.4 is 15.4 Å². The van der Waals surface area contributed by atoms with Crippen molar-refractivity contribution >= 4 is 17.2 Å². The number of hydrogen-bond acceptors (Lipinski definition) is 7. The molecule has 0 bridgehead atoms. The van der Waals surface area contributed by atoms with Crippen molar-refractivity contribution in [3.8, 4) is 0 Å². The number of aliphatic hydroxyl groups excluding tert-OH is 1. The van der Waals surface area contributed by atoms with Gasteiger partial charge in [-0.25, -0.2) is 4.98 Å². The van der Waals surface area contributed by atoms with Gasteiger partial charge in [-0.15, -0.1) is 0 Å². The predicted octanol–water partition coefficient (Wildman–Crippen LogP) is 2.58. The third-order valence-corrected chi connectivity index (χ3v) is 6.49. The van der Waals surface area contributed by atoms with Gasteiger partial charge in [-0.2, -0.15) is 0 Å². The Morgan fingerprint density at radius 3 is 2.68 bits per heavy atom. The SMILES string of the molecule is N=C1C=C(c2ncco2)C(NC(=O)c2cccc(C3CC3)[n+]2O)=C/C1=C/N[C@H]1CC[C@H](O)CC1. The molecule has 34 heavy (non-hydrogen) atoms. The normalized spacial score (nSPS) is 23.9. The van der Waals surface area contributed by atoms with Crippen LogP contribution in [0.2, 0.25) is 0 Å². The van der Waals surface area contributed by atoms with Crippen LogP contribution in [-0.4, -0.2) is 39.1 Å². The van der Waals surface area contributed by atoms with E-state index in [9.17, 15) is 15.1 Å². The van der Waals surface area contributed by atoms with Gasteiger partial charge in [0.2, 0.25) is 11.6 Å². The maximum Gasteiger partial charge on any atom is 0.325 e. The van der Waals surface area contributed by atoms with Crippen LogP contribution in [0.4, 0.5) is 0 Å². The van der Waals surface area contributed by atoms with Crippen LogP contribution in [0.25, 0.3) is 5.57 Å². The van der Waals surface area contributed by atoms with Gasteiger partial charge in [0.1, 0.15) is 6.26 Å². The van der Waals surface area contributed by atoms with E-state index in [0.29, 0.717) is 16.8 Å². The molecule has 2 saturated carbocycles. The van der Waals surface area contributed by atoms with Gasteiger partial charge in [0.25, 0.3) is 0 Å². The summed E-state index contributed by atoms with van der Waals surface area (Å²) < 4.78 is 6.40. The van der Waals surface area contributed by atoms with Crippen LogP contribution in [0, 0.1) is 5.41 Å². The average Bonchev–Trinajstić information content (AvgIpc) is 3.53. The lowest BCUT2D eigenvalue weighted by molar-refractivity contribution is -0.910. The number of nitrogens with zero attached hydrogens (tertiary/aromatic N) is 2. The summed E-state index contributed by atoms with van der Waals surface area (Å²) in [7, 11) is 0. The Morgan fingerprint density at radius 1 is 1.18 bits per heavy atom. The van der Waals surface area contributed by atoms with Crippen molar-refractivity contribution in [2.24, 2.45) is 0 Å². The molecule has 9 heteroatoms. The Bertz CT molecular complexity index is 1190. The van der Waals surface area contributed by atoms with E-state index in [1.807, 2.05) is 6.07 Å². The van der Waals surface area contributed by atoms with E-state index in [0.717, 1.165) is 48.9 Å². The lowest BCUT2D eigenvalue weighted by atomic mass is 9.93. The second-order valence-electron chi connectivity index (χ2n) is 9.01. The molecule has 5 rings (SSSR count). The lowest BCUT2D eigenvalue weighted by Crippen LogP contribution is -2.44. The first kappa shape index (κ1) is 22.1. The van der Waals surface area contributed by atoms with Gasteiger partial charge in [-0.3, -0.25) is 10.0 Å². The Labute approximate surface area is 197 Å². The number of allylic oxidation sites excluding steroid dienone is 4. The van der Waals surface area contributed by atoms with Crippen LogP contribution in [0.1, 0.15) is 66.5 Å². The first-order valence-electron chi connectivity index (χ1n) is 11.6. The van der Waals surface area contributed by atoms with Gasteiger partial charge < -0.3 is 25.6 Å². The van der Waals surface area contributed by atoms with E-state index in [-0.39, 0.29) is 35.4 Å². The van der Waals surface area contributed by atoms with E-state index >= 15 is 0 Å². The molecule has 2 aromatic rings. The summed E-state index contributed by atoms with van der Waals surface area (Å²) in [6.45, 7) is 0. The maximum absolute atomic E-state index is 13.1. The van der Waals surface area contributed by atoms with Crippen molar-refractivity contribution in [2.75, 3.05) is 0 Å². The number of nitrogens with one attached hydrogen (secondary N) is 3. The molecular weight excluding hydrogens is 434 g/mol. The molecule has 1 amide bonds. The third kappa shape index (κ3) is 4.65. The van der Waals surface area contributed by atoms with Gasteiger partial charge in [0.15, 0.2) is 0 Å². The van der Waals surface area contributed by atoms with E-state index < -0.39 is 5.91 Å². The zero-order valence-corrected chi connectivity index (χ0v) is 18.7. The first-order valence-corrected chi connectivity index (χ1v) is 11.6. The van der Waals surface area contributed by atoms with E-state index in [1.54, 1.807) is 30.5 Å².